The molecule has 1 aliphatic heterocycles. The number of hydrogen-bond acceptors (Lipinski definition) is 5. The Morgan fingerprint density at radius 3 is 2.79 bits per heavy atom. The molecule has 2 aromatic heterocycles. The van der Waals surface area contributed by atoms with Crippen LogP contribution in [0.25, 0.3) is 21.9 Å². The summed E-state index contributed by atoms with van der Waals surface area (Å²) in [4.78, 5) is 4.83. The van der Waals surface area contributed by atoms with E-state index in [9.17, 15) is 8.42 Å². The average Bonchev–Trinajstić information content (AvgIpc) is 3.38. The Hall–Kier alpha value is -2.42. The van der Waals surface area contributed by atoms with Crippen LogP contribution in [-0.2, 0) is 16.4 Å². The Bertz CT molecular complexity index is 1340. The predicted octanol–water partition coefficient (Wildman–Crippen LogP) is 3.03. The molecule has 0 aliphatic carbocycles. The highest BCUT2D eigenvalue weighted by Gasteiger charge is 2.24. The fourth-order valence-corrected chi connectivity index (χ4v) is 5.11. The van der Waals surface area contributed by atoms with Gasteiger partial charge >= 0.3 is 0 Å². The van der Waals surface area contributed by atoms with Crippen molar-refractivity contribution in [2.75, 3.05) is 19.3 Å². The average molecular weight is 430 g/mol. The lowest BCUT2D eigenvalue weighted by molar-refractivity contribution is 0.516. The fraction of sp³-hybridized carbons (Fsp3) is 0.300. The van der Waals surface area contributed by atoms with E-state index in [0.29, 0.717) is 17.0 Å². The zero-order valence-electron chi connectivity index (χ0n) is 15.8. The third-order valence-corrected chi connectivity index (χ3v) is 6.63. The molecule has 0 radical (unpaired) electrons. The summed E-state index contributed by atoms with van der Waals surface area (Å²) in [5.74, 6) is 0.837. The van der Waals surface area contributed by atoms with E-state index < -0.39 is 9.84 Å². The first-order valence-electron chi connectivity index (χ1n) is 9.44. The van der Waals surface area contributed by atoms with Crippen LogP contribution in [0, 0.1) is 0 Å². The third-order valence-electron chi connectivity index (χ3n) is 5.39. The minimum absolute atomic E-state index is 0.0985. The van der Waals surface area contributed by atoms with E-state index in [1.54, 1.807) is 10.7 Å². The molecule has 2 aromatic carbocycles. The van der Waals surface area contributed by atoms with Crippen molar-refractivity contribution in [1.82, 2.24) is 24.6 Å². The van der Waals surface area contributed by atoms with Crippen molar-refractivity contribution in [2.24, 2.45) is 0 Å². The summed E-state index contributed by atoms with van der Waals surface area (Å²) >= 11 is 6.19. The molecule has 1 unspecified atom stereocenters. The van der Waals surface area contributed by atoms with Gasteiger partial charge in [-0.05, 0) is 43.3 Å². The normalized spacial score (nSPS) is 17.5. The van der Waals surface area contributed by atoms with Crippen LogP contribution in [0.3, 0.4) is 0 Å². The van der Waals surface area contributed by atoms with Gasteiger partial charge in [0.1, 0.15) is 5.82 Å². The minimum atomic E-state index is -3.44. The maximum absolute atomic E-state index is 12.2. The Labute approximate surface area is 173 Å². The number of para-hydroxylation sites is 1. The fourth-order valence-electron chi connectivity index (χ4n) is 4.13. The number of benzene rings is 2. The second-order valence-corrected chi connectivity index (χ2v) is 9.80. The molecule has 1 atom stereocenters. The first-order chi connectivity index (χ1) is 13.9. The van der Waals surface area contributed by atoms with Crippen molar-refractivity contribution in [3.8, 4) is 0 Å². The number of nitrogens with one attached hydrogen (secondary N) is 1. The minimum Gasteiger partial charge on any atom is -0.322 e. The van der Waals surface area contributed by atoms with Gasteiger partial charge < -0.3 is 9.88 Å². The summed E-state index contributed by atoms with van der Waals surface area (Å²) < 4.78 is 28.5. The molecular weight excluding hydrogens is 410 g/mol. The summed E-state index contributed by atoms with van der Waals surface area (Å²) in [5, 5.41) is 9.22. The van der Waals surface area contributed by atoms with Gasteiger partial charge in [0.2, 0.25) is 0 Å². The number of imidazole rings is 1. The molecule has 3 heterocycles. The van der Waals surface area contributed by atoms with Gasteiger partial charge in [0.15, 0.2) is 14.9 Å². The summed E-state index contributed by atoms with van der Waals surface area (Å²) in [6.45, 7) is 2.20. The van der Waals surface area contributed by atoms with Gasteiger partial charge in [-0.3, -0.25) is 4.68 Å². The first-order valence-corrected chi connectivity index (χ1v) is 11.7. The lowest BCUT2D eigenvalue weighted by atomic mass is 10.2. The summed E-state index contributed by atoms with van der Waals surface area (Å²) in [7, 11) is -3.44. The van der Waals surface area contributed by atoms with Gasteiger partial charge in [-0.15, -0.1) is 0 Å². The van der Waals surface area contributed by atoms with Crippen LogP contribution in [0.15, 0.2) is 47.5 Å². The Kier molecular flexibility index (Phi) is 4.38. The lowest BCUT2D eigenvalue weighted by Crippen LogP contribution is -2.17. The number of rotatable bonds is 4. The van der Waals surface area contributed by atoms with E-state index in [4.69, 9.17) is 16.6 Å². The third kappa shape index (κ3) is 3.21. The van der Waals surface area contributed by atoms with Gasteiger partial charge in [0, 0.05) is 29.3 Å². The highest BCUT2D eigenvalue weighted by Crippen LogP contribution is 2.29. The molecule has 0 amide bonds. The van der Waals surface area contributed by atoms with E-state index in [2.05, 4.69) is 15.0 Å². The quantitative estimate of drug-likeness (QED) is 0.539. The van der Waals surface area contributed by atoms with E-state index in [-0.39, 0.29) is 11.1 Å². The van der Waals surface area contributed by atoms with Crippen LogP contribution in [0.4, 0.5) is 0 Å². The molecule has 5 rings (SSSR count). The largest absolute Gasteiger partial charge is 0.322 e. The van der Waals surface area contributed by atoms with Crippen molar-refractivity contribution < 1.29 is 8.42 Å². The van der Waals surface area contributed by atoms with Crippen LogP contribution in [0.2, 0.25) is 5.02 Å². The van der Waals surface area contributed by atoms with Gasteiger partial charge in [-0.25, -0.2) is 13.4 Å². The molecule has 29 heavy (non-hydrogen) atoms. The van der Waals surface area contributed by atoms with Gasteiger partial charge in [-0.1, -0.05) is 23.7 Å². The van der Waals surface area contributed by atoms with Gasteiger partial charge in [0.05, 0.1) is 23.1 Å². The van der Waals surface area contributed by atoms with Crippen molar-refractivity contribution >= 4 is 43.4 Å². The molecule has 0 bridgehead atoms. The van der Waals surface area contributed by atoms with Crippen LogP contribution in [0.1, 0.15) is 18.3 Å². The van der Waals surface area contributed by atoms with Gasteiger partial charge in [0.25, 0.3) is 0 Å². The Morgan fingerprint density at radius 2 is 2.03 bits per heavy atom. The number of sulfone groups is 1. The monoisotopic (exact) mass is 429 g/mol. The number of fused-ring (bicyclic) bond motifs is 2. The molecule has 150 valence electrons. The van der Waals surface area contributed by atoms with E-state index in [1.807, 2.05) is 36.4 Å². The highest BCUT2D eigenvalue weighted by molar-refractivity contribution is 7.90. The summed E-state index contributed by atoms with van der Waals surface area (Å²) in [5.41, 5.74) is 2.63. The lowest BCUT2D eigenvalue weighted by Gasteiger charge is -2.16. The second kappa shape index (κ2) is 6.83. The standard InChI is InChI=1S/C20H20ClN5O2S/c1-29(27,28)20-15-4-2-3-5-17(15)25(24-20)12-19-23-16-10-13(21)6-7-18(16)26(19)14-8-9-22-11-14/h2-7,10,14,22H,8-9,11-12H2,1H3. The number of nitrogens with zero attached hydrogens (tertiary/aromatic N) is 4. The SMILES string of the molecule is CS(=O)(=O)c1nn(Cc2nc3cc(Cl)ccc3n2C2CCNC2)c2ccccc12. The molecule has 1 fully saturated rings. The Morgan fingerprint density at radius 1 is 1.21 bits per heavy atom. The Balaban J connectivity index is 1.69. The number of aromatic nitrogens is 4. The van der Waals surface area contributed by atoms with E-state index >= 15 is 0 Å². The highest BCUT2D eigenvalue weighted by atomic mass is 35.5. The summed E-state index contributed by atoms with van der Waals surface area (Å²) in [6, 6.07) is 13.4. The molecule has 4 aromatic rings. The van der Waals surface area contributed by atoms with Crippen LogP contribution < -0.4 is 5.32 Å². The van der Waals surface area contributed by atoms with E-state index in [1.165, 1.54) is 6.26 Å². The van der Waals surface area contributed by atoms with Crippen molar-refractivity contribution in [1.29, 1.82) is 0 Å². The molecule has 1 N–H and O–H groups in total. The maximum Gasteiger partial charge on any atom is 0.195 e. The maximum atomic E-state index is 12.2. The topological polar surface area (TPSA) is 81.8 Å². The molecular formula is C20H20ClN5O2S. The molecule has 9 heteroatoms. The number of halogens is 1. The molecule has 0 saturated carbocycles. The van der Waals surface area contributed by atoms with E-state index in [0.717, 1.165) is 41.9 Å². The number of hydrogen-bond donors (Lipinski definition) is 1. The van der Waals surface area contributed by atoms with Crippen molar-refractivity contribution in [3.63, 3.8) is 0 Å². The first kappa shape index (κ1) is 18.6. The second-order valence-electron chi connectivity index (χ2n) is 7.43. The van der Waals surface area contributed by atoms with Crippen LogP contribution in [0.5, 0.6) is 0 Å². The van der Waals surface area contributed by atoms with Crippen molar-refractivity contribution in [2.45, 2.75) is 24.0 Å². The smallest absolute Gasteiger partial charge is 0.195 e. The van der Waals surface area contributed by atoms with Crippen LogP contribution >= 0.6 is 11.6 Å². The predicted molar refractivity (Wildman–Crippen MR) is 113 cm³/mol. The zero-order valence-corrected chi connectivity index (χ0v) is 17.4. The van der Waals surface area contributed by atoms with Gasteiger partial charge in [-0.2, -0.15) is 5.10 Å². The van der Waals surface area contributed by atoms with Crippen molar-refractivity contribution in [3.05, 3.63) is 53.3 Å². The molecule has 1 saturated heterocycles. The van der Waals surface area contributed by atoms with Crippen LogP contribution in [-0.4, -0.2) is 47.1 Å². The molecule has 1 aliphatic rings. The zero-order chi connectivity index (χ0) is 20.2. The summed E-state index contributed by atoms with van der Waals surface area (Å²) in [6.07, 6.45) is 2.20. The molecule has 0 spiro atoms. The molecule has 7 nitrogen and oxygen atoms in total.